The third kappa shape index (κ3) is 3.78. The maximum atomic E-state index is 10.9. The average molecular weight is 265 g/mol. The summed E-state index contributed by atoms with van der Waals surface area (Å²) in [4.78, 5) is 13.0. The molecule has 0 aromatic carbocycles. The molecular weight excluding hydrogens is 242 g/mol. The lowest BCUT2D eigenvalue weighted by Gasteiger charge is -2.31. The van der Waals surface area contributed by atoms with Crippen LogP contribution in [-0.4, -0.2) is 46.7 Å². The monoisotopic (exact) mass is 265 g/mol. The van der Waals surface area contributed by atoms with Crippen LogP contribution in [0.1, 0.15) is 29.8 Å². The number of aryl methyl sites for hydroxylation is 2. The summed E-state index contributed by atoms with van der Waals surface area (Å²) in [7, 11) is 0. The Bertz CT molecular complexity index is 415. The van der Waals surface area contributed by atoms with Crippen molar-refractivity contribution in [1.29, 1.82) is 0 Å². The molecule has 0 radical (unpaired) electrons. The second-order valence-corrected chi connectivity index (χ2v) is 5.31. The van der Waals surface area contributed by atoms with E-state index in [9.17, 15) is 4.79 Å². The van der Waals surface area contributed by atoms with Crippen molar-refractivity contribution in [2.24, 2.45) is 5.73 Å². The first-order valence-corrected chi connectivity index (χ1v) is 6.80. The van der Waals surface area contributed by atoms with Crippen molar-refractivity contribution in [3.05, 3.63) is 17.0 Å². The Morgan fingerprint density at radius 3 is 2.68 bits per heavy atom. The molecule has 1 aliphatic heterocycles. The number of hydrogen-bond donors (Lipinski definition) is 3. The maximum Gasteiger partial charge on any atom is 0.231 e. The van der Waals surface area contributed by atoms with E-state index in [4.69, 9.17) is 5.73 Å². The number of primary amides is 1. The van der Waals surface area contributed by atoms with Crippen LogP contribution in [0.4, 0.5) is 0 Å². The molecular formula is C13H23N5O. The molecule has 106 valence electrons. The van der Waals surface area contributed by atoms with Crippen LogP contribution in [0, 0.1) is 13.8 Å². The maximum absolute atomic E-state index is 10.9. The predicted molar refractivity (Wildman–Crippen MR) is 73.6 cm³/mol. The number of nitrogens with one attached hydrogen (secondary N) is 2. The molecule has 19 heavy (non-hydrogen) atoms. The summed E-state index contributed by atoms with van der Waals surface area (Å²) in [5.74, 6) is -0.240. The Balaban J connectivity index is 1.76. The summed E-state index contributed by atoms with van der Waals surface area (Å²) in [5.41, 5.74) is 8.67. The number of amides is 1. The number of rotatable bonds is 5. The lowest BCUT2D eigenvalue weighted by molar-refractivity contribution is -0.119. The Hall–Kier alpha value is -1.40. The molecule has 0 aliphatic carbocycles. The van der Waals surface area contributed by atoms with Crippen LogP contribution in [-0.2, 0) is 11.3 Å². The molecule has 1 saturated heterocycles. The van der Waals surface area contributed by atoms with Crippen LogP contribution < -0.4 is 11.1 Å². The van der Waals surface area contributed by atoms with Crippen molar-refractivity contribution >= 4 is 5.91 Å². The fourth-order valence-corrected chi connectivity index (χ4v) is 2.60. The van der Waals surface area contributed by atoms with Gasteiger partial charge in [-0.15, -0.1) is 0 Å². The fraction of sp³-hybridized carbons (Fsp3) is 0.692. The molecule has 1 aromatic heterocycles. The quantitative estimate of drug-likeness (QED) is 0.703. The first kappa shape index (κ1) is 14.0. The molecule has 0 saturated carbocycles. The van der Waals surface area contributed by atoms with Gasteiger partial charge in [-0.1, -0.05) is 0 Å². The van der Waals surface area contributed by atoms with Crippen molar-refractivity contribution in [1.82, 2.24) is 20.4 Å². The normalized spacial score (nSPS) is 17.8. The van der Waals surface area contributed by atoms with Gasteiger partial charge in [0.25, 0.3) is 0 Å². The van der Waals surface area contributed by atoms with Crippen LogP contribution in [0.3, 0.4) is 0 Å². The van der Waals surface area contributed by atoms with Gasteiger partial charge in [0.1, 0.15) is 0 Å². The Morgan fingerprint density at radius 1 is 1.47 bits per heavy atom. The number of aromatic nitrogens is 2. The number of carbonyl (C=O) groups excluding carboxylic acids is 1. The molecule has 0 atom stereocenters. The van der Waals surface area contributed by atoms with E-state index in [-0.39, 0.29) is 5.91 Å². The smallest absolute Gasteiger partial charge is 0.231 e. The minimum absolute atomic E-state index is 0.240. The minimum atomic E-state index is -0.240. The molecule has 6 heteroatoms. The van der Waals surface area contributed by atoms with E-state index in [1.54, 1.807) is 0 Å². The molecule has 1 fully saturated rings. The van der Waals surface area contributed by atoms with Gasteiger partial charge in [-0.25, -0.2) is 0 Å². The van der Waals surface area contributed by atoms with Crippen molar-refractivity contribution < 1.29 is 4.79 Å². The predicted octanol–water partition coefficient (Wildman–Crippen LogP) is 0.0658. The fourth-order valence-electron chi connectivity index (χ4n) is 2.60. The van der Waals surface area contributed by atoms with E-state index < -0.39 is 0 Å². The first-order chi connectivity index (χ1) is 9.06. The van der Waals surface area contributed by atoms with E-state index >= 15 is 0 Å². The molecule has 2 heterocycles. The van der Waals surface area contributed by atoms with E-state index in [1.807, 2.05) is 13.8 Å². The Morgan fingerprint density at radius 2 is 2.16 bits per heavy atom. The van der Waals surface area contributed by atoms with Crippen LogP contribution >= 0.6 is 0 Å². The van der Waals surface area contributed by atoms with E-state index in [0.717, 1.165) is 43.9 Å². The molecule has 1 aromatic rings. The highest BCUT2D eigenvalue weighted by atomic mass is 16.1. The zero-order chi connectivity index (χ0) is 13.8. The molecule has 1 amide bonds. The number of piperidine rings is 1. The molecule has 0 spiro atoms. The van der Waals surface area contributed by atoms with Gasteiger partial charge in [0.05, 0.1) is 12.2 Å². The average Bonchev–Trinajstić information content (AvgIpc) is 2.68. The van der Waals surface area contributed by atoms with Crippen LogP contribution in [0.5, 0.6) is 0 Å². The number of hydrogen-bond acceptors (Lipinski definition) is 4. The van der Waals surface area contributed by atoms with Crippen molar-refractivity contribution in [3.8, 4) is 0 Å². The van der Waals surface area contributed by atoms with Crippen molar-refractivity contribution in [3.63, 3.8) is 0 Å². The largest absolute Gasteiger partial charge is 0.369 e. The standard InChI is InChI=1S/C13H23N5O/c1-9-12(10(2)17-16-9)7-15-11-3-5-18(6-4-11)8-13(14)19/h11,15H,3-8H2,1-2H3,(H2,14,19)(H,16,17). The zero-order valence-electron chi connectivity index (χ0n) is 11.7. The van der Waals surface area contributed by atoms with Gasteiger partial charge in [0.2, 0.25) is 5.91 Å². The van der Waals surface area contributed by atoms with E-state index in [0.29, 0.717) is 12.6 Å². The third-order valence-electron chi connectivity index (χ3n) is 3.82. The molecule has 0 bridgehead atoms. The summed E-state index contributed by atoms with van der Waals surface area (Å²) in [5, 5.41) is 10.8. The summed E-state index contributed by atoms with van der Waals surface area (Å²) >= 11 is 0. The number of carbonyl (C=O) groups is 1. The van der Waals surface area contributed by atoms with Crippen LogP contribution in [0.2, 0.25) is 0 Å². The Kier molecular flexibility index (Phi) is 4.55. The van der Waals surface area contributed by atoms with Gasteiger partial charge in [0, 0.05) is 36.9 Å². The summed E-state index contributed by atoms with van der Waals surface area (Å²) in [6.07, 6.45) is 2.12. The van der Waals surface area contributed by atoms with Gasteiger partial charge >= 0.3 is 0 Å². The SMILES string of the molecule is Cc1n[nH]c(C)c1CNC1CCN(CC(N)=O)CC1. The molecule has 2 rings (SSSR count). The minimum Gasteiger partial charge on any atom is -0.369 e. The van der Waals surface area contributed by atoms with E-state index in [2.05, 4.69) is 20.4 Å². The van der Waals surface area contributed by atoms with Crippen LogP contribution in [0.25, 0.3) is 0 Å². The highest BCUT2D eigenvalue weighted by Gasteiger charge is 2.20. The highest BCUT2D eigenvalue weighted by molar-refractivity contribution is 5.75. The van der Waals surface area contributed by atoms with Crippen molar-refractivity contribution in [2.45, 2.75) is 39.3 Å². The number of aromatic amines is 1. The van der Waals surface area contributed by atoms with Gasteiger partial charge in [0.15, 0.2) is 0 Å². The van der Waals surface area contributed by atoms with Gasteiger partial charge < -0.3 is 11.1 Å². The first-order valence-electron chi connectivity index (χ1n) is 6.80. The summed E-state index contributed by atoms with van der Waals surface area (Å²) in [6.45, 7) is 7.18. The second kappa shape index (κ2) is 6.16. The number of nitrogens with zero attached hydrogens (tertiary/aromatic N) is 2. The topological polar surface area (TPSA) is 87.0 Å². The molecule has 1 aliphatic rings. The lowest BCUT2D eigenvalue weighted by Crippen LogP contribution is -2.45. The third-order valence-corrected chi connectivity index (χ3v) is 3.82. The molecule has 4 N–H and O–H groups in total. The van der Waals surface area contributed by atoms with E-state index in [1.165, 1.54) is 5.56 Å². The summed E-state index contributed by atoms with van der Waals surface area (Å²) < 4.78 is 0. The molecule has 6 nitrogen and oxygen atoms in total. The number of nitrogens with two attached hydrogens (primary N) is 1. The second-order valence-electron chi connectivity index (χ2n) is 5.31. The van der Waals surface area contributed by atoms with Gasteiger partial charge in [-0.3, -0.25) is 14.8 Å². The summed E-state index contributed by atoms with van der Waals surface area (Å²) in [6, 6.07) is 0.512. The van der Waals surface area contributed by atoms with Crippen molar-refractivity contribution in [2.75, 3.05) is 19.6 Å². The van der Waals surface area contributed by atoms with Crippen LogP contribution in [0.15, 0.2) is 0 Å². The lowest BCUT2D eigenvalue weighted by atomic mass is 10.0. The van der Waals surface area contributed by atoms with Gasteiger partial charge in [-0.2, -0.15) is 5.10 Å². The highest BCUT2D eigenvalue weighted by Crippen LogP contribution is 2.13. The number of H-pyrrole nitrogens is 1. The van der Waals surface area contributed by atoms with Gasteiger partial charge in [-0.05, 0) is 26.7 Å². The number of likely N-dealkylation sites (tertiary alicyclic amines) is 1. The zero-order valence-corrected chi connectivity index (χ0v) is 11.7. The molecule has 0 unspecified atom stereocenters. The Labute approximate surface area is 113 Å².